The Balaban J connectivity index is 1.82. The maximum absolute atomic E-state index is 13.6. The molecular formula is C25H39N3O4S. The fourth-order valence-corrected chi connectivity index (χ4v) is 7.86. The number of fused-ring (bicyclic) bond motifs is 2. The maximum atomic E-state index is 13.6. The van der Waals surface area contributed by atoms with Crippen LogP contribution in [-0.4, -0.2) is 59.3 Å². The van der Waals surface area contributed by atoms with Gasteiger partial charge in [-0.05, 0) is 42.2 Å². The molecular weight excluding hydrogens is 438 g/mol. The first kappa shape index (κ1) is 25.7. The number of hydrogen-bond donors (Lipinski definition) is 0. The molecule has 0 N–H and O–H groups in total. The summed E-state index contributed by atoms with van der Waals surface area (Å²) in [5.41, 5.74) is -0.229. The molecule has 0 aliphatic heterocycles. The predicted molar refractivity (Wildman–Crippen MR) is 130 cm³/mol. The summed E-state index contributed by atoms with van der Waals surface area (Å²) in [6.45, 7) is 12.6. The van der Waals surface area contributed by atoms with Crippen molar-refractivity contribution in [1.29, 1.82) is 0 Å². The second-order valence-corrected chi connectivity index (χ2v) is 12.8. The van der Waals surface area contributed by atoms with Crippen molar-refractivity contribution in [1.82, 2.24) is 13.8 Å². The molecule has 0 radical (unpaired) electrons. The summed E-state index contributed by atoms with van der Waals surface area (Å²) in [6, 6.07) is 3.89. The summed E-state index contributed by atoms with van der Waals surface area (Å²) in [6.07, 6.45) is 5.38. The Morgan fingerprint density at radius 1 is 1.36 bits per heavy atom. The third-order valence-corrected chi connectivity index (χ3v) is 9.87. The van der Waals surface area contributed by atoms with Crippen LogP contribution in [-0.2, 0) is 33.2 Å². The normalized spacial score (nSPS) is 24.1. The predicted octanol–water partition coefficient (Wildman–Crippen LogP) is 3.22. The van der Waals surface area contributed by atoms with E-state index < -0.39 is 15.4 Å². The van der Waals surface area contributed by atoms with E-state index in [1.807, 2.05) is 57.6 Å². The SMILES string of the molecule is C=CCN(CC(=O)N(Cc1cccn1C)CC(C)C)S(=O)(=O)CC12CCC(CC1=O)C2(C)C. The van der Waals surface area contributed by atoms with Gasteiger partial charge in [-0.15, -0.1) is 6.58 Å². The largest absolute Gasteiger partial charge is 0.353 e. The highest BCUT2D eigenvalue weighted by Gasteiger charge is 2.65. The fraction of sp³-hybridized carbons (Fsp3) is 0.680. The van der Waals surface area contributed by atoms with Crippen LogP contribution in [0.1, 0.15) is 52.7 Å². The fourth-order valence-electron chi connectivity index (χ4n) is 5.73. The van der Waals surface area contributed by atoms with Crippen LogP contribution in [0.3, 0.4) is 0 Å². The van der Waals surface area contributed by atoms with E-state index in [1.54, 1.807) is 4.90 Å². The Hall–Kier alpha value is -1.93. The van der Waals surface area contributed by atoms with Crippen LogP contribution >= 0.6 is 0 Å². The number of ketones is 1. The van der Waals surface area contributed by atoms with Gasteiger partial charge < -0.3 is 9.47 Å². The lowest BCUT2D eigenvalue weighted by Crippen LogP contribution is -2.49. The number of nitrogens with zero attached hydrogens (tertiary/aromatic N) is 3. The van der Waals surface area contributed by atoms with Gasteiger partial charge >= 0.3 is 0 Å². The molecule has 0 saturated heterocycles. The molecule has 2 unspecified atom stereocenters. The highest BCUT2D eigenvalue weighted by molar-refractivity contribution is 7.89. The van der Waals surface area contributed by atoms with Gasteiger partial charge in [-0.2, -0.15) is 4.31 Å². The van der Waals surface area contributed by atoms with Gasteiger partial charge in [-0.25, -0.2) is 8.42 Å². The zero-order valence-corrected chi connectivity index (χ0v) is 21.5. The number of Topliss-reactive ketones (excluding diaryl/α,β-unsaturated/α-hetero) is 1. The molecule has 0 aromatic carbocycles. The molecule has 1 heterocycles. The highest BCUT2D eigenvalue weighted by Crippen LogP contribution is 2.64. The maximum Gasteiger partial charge on any atom is 0.238 e. The van der Waals surface area contributed by atoms with Crippen LogP contribution in [0.4, 0.5) is 0 Å². The van der Waals surface area contributed by atoms with Gasteiger partial charge in [0.05, 0.1) is 18.8 Å². The van der Waals surface area contributed by atoms with Crippen molar-refractivity contribution in [2.24, 2.45) is 29.7 Å². The van der Waals surface area contributed by atoms with Gasteiger partial charge in [-0.1, -0.05) is 33.8 Å². The molecule has 7 nitrogen and oxygen atoms in total. The van der Waals surface area contributed by atoms with E-state index in [4.69, 9.17) is 0 Å². The van der Waals surface area contributed by atoms with E-state index in [0.29, 0.717) is 25.9 Å². The second kappa shape index (κ2) is 9.37. The average molecular weight is 478 g/mol. The quantitative estimate of drug-likeness (QED) is 0.459. The van der Waals surface area contributed by atoms with Crippen molar-refractivity contribution in [2.45, 2.75) is 53.5 Å². The zero-order valence-electron chi connectivity index (χ0n) is 20.7. The van der Waals surface area contributed by atoms with Gasteiger partial charge in [0.2, 0.25) is 15.9 Å². The number of rotatable bonds is 11. The summed E-state index contributed by atoms with van der Waals surface area (Å²) in [5.74, 6) is 0.0636. The van der Waals surface area contributed by atoms with Crippen molar-refractivity contribution in [2.75, 3.05) is 25.4 Å². The Morgan fingerprint density at radius 2 is 2.06 bits per heavy atom. The molecule has 2 aliphatic carbocycles. The first-order valence-electron chi connectivity index (χ1n) is 11.8. The lowest BCUT2D eigenvalue weighted by Gasteiger charge is -2.37. The molecule has 1 aromatic heterocycles. The first-order valence-corrected chi connectivity index (χ1v) is 13.4. The van der Waals surface area contributed by atoms with Crippen LogP contribution in [0.25, 0.3) is 0 Å². The van der Waals surface area contributed by atoms with E-state index >= 15 is 0 Å². The summed E-state index contributed by atoms with van der Waals surface area (Å²) in [4.78, 5) is 28.0. The van der Waals surface area contributed by atoms with Crippen LogP contribution < -0.4 is 0 Å². The molecule has 3 rings (SSSR count). The van der Waals surface area contributed by atoms with Crippen LogP contribution in [0, 0.1) is 22.7 Å². The van der Waals surface area contributed by atoms with Gasteiger partial charge in [0.1, 0.15) is 5.78 Å². The van der Waals surface area contributed by atoms with Crippen LogP contribution in [0.15, 0.2) is 31.0 Å². The summed E-state index contributed by atoms with van der Waals surface area (Å²) < 4.78 is 30.4. The minimum atomic E-state index is -3.85. The number of carbonyl (C=O) groups is 2. The Kier molecular flexibility index (Phi) is 7.30. The number of hydrogen-bond acceptors (Lipinski definition) is 4. The third kappa shape index (κ3) is 4.83. The molecule has 33 heavy (non-hydrogen) atoms. The molecule has 2 aliphatic rings. The smallest absolute Gasteiger partial charge is 0.238 e. The van der Waals surface area contributed by atoms with Gasteiger partial charge in [0.25, 0.3) is 0 Å². The van der Waals surface area contributed by atoms with Gasteiger partial charge in [0.15, 0.2) is 0 Å². The standard InChI is InChI=1S/C25H39N3O4S/c1-7-12-28(17-23(30)27(15-19(2)3)16-21-9-8-13-26(21)6)33(31,32)18-25-11-10-20(14-22(25)29)24(25,4)5/h7-9,13,19-20H,1,10-12,14-18H2,2-6H3. The number of sulfonamides is 1. The zero-order chi connectivity index (χ0) is 24.6. The van der Waals surface area contributed by atoms with Crippen molar-refractivity contribution in [3.05, 3.63) is 36.7 Å². The summed E-state index contributed by atoms with van der Waals surface area (Å²) in [5, 5.41) is 0. The number of aromatic nitrogens is 1. The lowest BCUT2D eigenvalue weighted by molar-refractivity contribution is -0.132. The van der Waals surface area contributed by atoms with E-state index in [9.17, 15) is 18.0 Å². The Bertz CT molecular complexity index is 1010. The summed E-state index contributed by atoms with van der Waals surface area (Å²) in [7, 11) is -1.93. The molecule has 1 amide bonds. The highest BCUT2D eigenvalue weighted by atomic mass is 32.2. The second-order valence-electron chi connectivity index (χ2n) is 10.8. The number of amides is 1. The van der Waals surface area contributed by atoms with Crippen molar-refractivity contribution < 1.29 is 18.0 Å². The van der Waals surface area contributed by atoms with Crippen LogP contribution in [0.5, 0.6) is 0 Å². The van der Waals surface area contributed by atoms with Crippen LogP contribution in [0.2, 0.25) is 0 Å². The van der Waals surface area contributed by atoms with Crippen molar-refractivity contribution in [3.63, 3.8) is 0 Å². The number of aryl methyl sites for hydroxylation is 1. The lowest BCUT2D eigenvalue weighted by atomic mass is 9.70. The first-order chi connectivity index (χ1) is 15.3. The minimum Gasteiger partial charge on any atom is -0.353 e. The molecule has 0 spiro atoms. The molecule has 2 fully saturated rings. The molecule has 8 heteroatoms. The minimum absolute atomic E-state index is 0.0435. The van der Waals surface area contributed by atoms with Gasteiger partial charge in [0, 0.05) is 43.9 Å². The topological polar surface area (TPSA) is 79.7 Å². The number of carbonyl (C=O) groups excluding carboxylic acids is 2. The third-order valence-electron chi connectivity index (χ3n) is 7.95. The van der Waals surface area contributed by atoms with E-state index in [1.165, 1.54) is 10.4 Å². The van der Waals surface area contributed by atoms with Crippen molar-refractivity contribution in [3.8, 4) is 0 Å². The summed E-state index contributed by atoms with van der Waals surface area (Å²) >= 11 is 0. The molecule has 2 saturated carbocycles. The molecule has 1 aromatic rings. The van der Waals surface area contributed by atoms with E-state index in [2.05, 4.69) is 6.58 Å². The van der Waals surface area contributed by atoms with Gasteiger partial charge in [-0.3, -0.25) is 9.59 Å². The molecule has 184 valence electrons. The molecule has 2 atom stereocenters. The Morgan fingerprint density at radius 3 is 2.55 bits per heavy atom. The molecule has 2 bridgehead atoms. The average Bonchev–Trinajstić information content (AvgIpc) is 3.27. The van der Waals surface area contributed by atoms with E-state index in [0.717, 1.165) is 12.1 Å². The van der Waals surface area contributed by atoms with E-state index in [-0.39, 0.29) is 47.8 Å². The Labute approximate surface area is 198 Å². The monoisotopic (exact) mass is 477 g/mol. The van der Waals surface area contributed by atoms with Crippen molar-refractivity contribution >= 4 is 21.7 Å².